The third-order valence-electron chi connectivity index (χ3n) is 3.67. The largest absolute Gasteiger partial charge is 0.465 e. The zero-order valence-corrected chi connectivity index (χ0v) is 16.8. The monoisotopic (exact) mass is 435 g/mol. The Morgan fingerprint density at radius 3 is 2.41 bits per heavy atom. The number of ketones is 1. The number of nitro groups is 1. The van der Waals surface area contributed by atoms with Crippen molar-refractivity contribution in [3.05, 3.63) is 56.3 Å². The second kappa shape index (κ2) is 7.87. The van der Waals surface area contributed by atoms with Crippen LogP contribution in [0.2, 0.25) is 0 Å². The zero-order valence-electron chi connectivity index (χ0n) is 15.2. The molecule has 0 saturated heterocycles. The smallest absolute Gasteiger partial charge is 0.341 e. The van der Waals surface area contributed by atoms with Crippen LogP contribution in [0.4, 0.5) is 5.69 Å². The van der Waals surface area contributed by atoms with Crippen LogP contribution >= 0.6 is 15.9 Å². The van der Waals surface area contributed by atoms with Gasteiger partial charge in [-0.1, -0.05) is 20.8 Å². The van der Waals surface area contributed by atoms with Crippen molar-refractivity contribution in [3.63, 3.8) is 0 Å². The number of hydrogen-bond acceptors (Lipinski definition) is 6. The van der Waals surface area contributed by atoms with Gasteiger partial charge in [-0.25, -0.2) is 4.79 Å². The Morgan fingerprint density at radius 2 is 1.89 bits per heavy atom. The number of nitro benzene ring substituents is 1. The summed E-state index contributed by atoms with van der Waals surface area (Å²) in [5.74, 6) is -0.406. The lowest BCUT2D eigenvalue weighted by Gasteiger charge is -2.17. The number of methoxy groups -OCH3 is 1. The van der Waals surface area contributed by atoms with Gasteiger partial charge in [-0.2, -0.15) is 0 Å². The van der Waals surface area contributed by atoms with E-state index >= 15 is 0 Å². The van der Waals surface area contributed by atoms with Crippen molar-refractivity contribution in [3.8, 4) is 11.3 Å². The van der Waals surface area contributed by atoms with Crippen LogP contribution in [0.25, 0.3) is 17.4 Å². The fourth-order valence-electron chi connectivity index (χ4n) is 2.27. The molecule has 27 heavy (non-hydrogen) atoms. The van der Waals surface area contributed by atoms with Gasteiger partial charge in [-0.15, -0.1) is 0 Å². The molecule has 0 fully saturated rings. The van der Waals surface area contributed by atoms with Gasteiger partial charge >= 0.3 is 5.97 Å². The second-order valence-corrected chi connectivity index (χ2v) is 7.61. The van der Waals surface area contributed by atoms with Crippen LogP contribution in [-0.4, -0.2) is 23.8 Å². The number of nitrogens with zero attached hydrogens (tertiary/aromatic N) is 1. The highest BCUT2D eigenvalue weighted by Gasteiger charge is 2.30. The standard InChI is InChI=1S/C19H18BrNO6/c1-19(2,3)17(22)14(18(23)26-4)10-12-6-8-16(27-12)13-7-5-11(21(24)25)9-15(13)20/h5-10H,1-4H3/b14-10-. The maximum atomic E-state index is 12.5. The highest BCUT2D eigenvalue weighted by molar-refractivity contribution is 9.10. The van der Waals surface area contributed by atoms with E-state index in [1.807, 2.05) is 0 Å². The Morgan fingerprint density at radius 1 is 1.22 bits per heavy atom. The zero-order chi connectivity index (χ0) is 20.4. The molecule has 0 N–H and O–H groups in total. The second-order valence-electron chi connectivity index (χ2n) is 6.75. The van der Waals surface area contributed by atoms with Crippen LogP contribution in [0.5, 0.6) is 0 Å². The SMILES string of the molecule is COC(=O)/C(=C\c1ccc(-c2ccc([N+](=O)[O-])cc2Br)o1)C(=O)C(C)(C)C. The summed E-state index contributed by atoms with van der Waals surface area (Å²) in [7, 11) is 1.20. The normalized spacial score (nSPS) is 12.0. The van der Waals surface area contributed by atoms with Crippen LogP contribution in [0.15, 0.2) is 44.8 Å². The van der Waals surface area contributed by atoms with Crippen LogP contribution < -0.4 is 0 Å². The summed E-state index contributed by atoms with van der Waals surface area (Å²) in [5, 5.41) is 10.8. The van der Waals surface area contributed by atoms with Crippen LogP contribution in [0, 0.1) is 15.5 Å². The van der Waals surface area contributed by atoms with Crippen molar-refractivity contribution in [2.45, 2.75) is 20.8 Å². The Balaban J connectivity index is 2.43. The van der Waals surface area contributed by atoms with Crippen molar-refractivity contribution in [1.82, 2.24) is 0 Å². The number of ether oxygens (including phenoxy) is 1. The lowest BCUT2D eigenvalue weighted by atomic mass is 9.86. The van der Waals surface area contributed by atoms with Crippen molar-refractivity contribution in [2.24, 2.45) is 5.41 Å². The summed E-state index contributed by atoms with van der Waals surface area (Å²) in [4.78, 5) is 34.9. The lowest BCUT2D eigenvalue weighted by molar-refractivity contribution is -0.384. The van der Waals surface area contributed by atoms with Crippen LogP contribution in [0.3, 0.4) is 0 Å². The topological polar surface area (TPSA) is 99.7 Å². The Labute approximate surface area is 164 Å². The number of halogens is 1. The molecule has 0 saturated carbocycles. The number of non-ortho nitro benzene ring substituents is 1. The molecule has 0 spiro atoms. The van der Waals surface area contributed by atoms with Crippen LogP contribution in [-0.2, 0) is 14.3 Å². The minimum Gasteiger partial charge on any atom is -0.465 e. The van der Waals surface area contributed by atoms with Gasteiger partial charge in [0.05, 0.1) is 12.0 Å². The summed E-state index contributed by atoms with van der Waals surface area (Å²) in [6, 6.07) is 7.53. The summed E-state index contributed by atoms with van der Waals surface area (Å²) in [5.41, 5.74) is -0.339. The average Bonchev–Trinajstić information content (AvgIpc) is 3.05. The highest BCUT2D eigenvalue weighted by atomic mass is 79.9. The fraction of sp³-hybridized carbons (Fsp3) is 0.263. The number of carbonyl (C=O) groups excluding carboxylic acids is 2. The van der Waals surface area contributed by atoms with Gasteiger partial charge in [-0.05, 0) is 40.2 Å². The maximum absolute atomic E-state index is 12.5. The number of benzene rings is 1. The summed E-state index contributed by atoms with van der Waals surface area (Å²) >= 11 is 3.29. The van der Waals surface area contributed by atoms with Crippen LogP contribution in [0.1, 0.15) is 26.5 Å². The number of hydrogen-bond donors (Lipinski definition) is 0. The van der Waals surface area contributed by atoms with Crippen molar-refractivity contribution in [2.75, 3.05) is 7.11 Å². The molecule has 1 aromatic carbocycles. The van der Waals surface area contributed by atoms with E-state index < -0.39 is 16.3 Å². The molecule has 2 rings (SSSR count). The molecule has 0 radical (unpaired) electrons. The maximum Gasteiger partial charge on any atom is 0.341 e. The molecule has 0 aliphatic rings. The molecule has 8 heteroatoms. The molecule has 0 aliphatic carbocycles. The molecule has 1 aromatic heterocycles. The Kier molecular flexibility index (Phi) is 6.00. The molecule has 1 heterocycles. The summed E-state index contributed by atoms with van der Waals surface area (Å²) < 4.78 is 10.9. The van der Waals surface area contributed by atoms with Gasteiger partial charge in [0.2, 0.25) is 0 Å². The van der Waals surface area contributed by atoms with E-state index in [1.54, 1.807) is 39.0 Å². The van der Waals surface area contributed by atoms with Gasteiger partial charge < -0.3 is 9.15 Å². The van der Waals surface area contributed by atoms with Gasteiger partial charge in [0, 0.05) is 27.6 Å². The first-order valence-electron chi connectivity index (χ1n) is 7.93. The third-order valence-corrected chi connectivity index (χ3v) is 4.33. The van der Waals surface area contributed by atoms with Crippen molar-refractivity contribution < 1.29 is 23.7 Å². The summed E-state index contributed by atoms with van der Waals surface area (Å²) in [6.45, 7) is 5.11. The Hall–Kier alpha value is -2.74. The van der Waals surface area contributed by atoms with Gasteiger partial charge in [0.1, 0.15) is 17.1 Å². The number of carbonyl (C=O) groups is 2. The van der Waals surface area contributed by atoms with E-state index in [0.29, 0.717) is 15.8 Å². The van der Waals surface area contributed by atoms with E-state index in [9.17, 15) is 19.7 Å². The minimum atomic E-state index is -0.767. The number of furan rings is 1. The van der Waals surface area contributed by atoms with Gasteiger partial charge in [0.15, 0.2) is 5.78 Å². The lowest BCUT2D eigenvalue weighted by Crippen LogP contribution is -2.26. The first-order valence-corrected chi connectivity index (χ1v) is 8.73. The predicted octanol–water partition coefficient (Wildman–Crippen LogP) is 4.79. The number of rotatable bonds is 5. The molecule has 7 nitrogen and oxygen atoms in total. The molecular weight excluding hydrogens is 418 g/mol. The average molecular weight is 436 g/mol. The van der Waals surface area contributed by atoms with Crippen molar-refractivity contribution >= 4 is 39.4 Å². The molecule has 0 unspecified atom stereocenters. The van der Waals surface area contributed by atoms with E-state index in [-0.39, 0.29) is 22.8 Å². The molecule has 0 amide bonds. The molecule has 0 aliphatic heterocycles. The molecule has 0 bridgehead atoms. The highest BCUT2D eigenvalue weighted by Crippen LogP contribution is 2.33. The minimum absolute atomic E-state index is 0.0546. The van der Waals surface area contributed by atoms with Gasteiger partial charge in [-0.3, -0.25) is 14.9 Å². The van der Waals surface area contributed by atoms with E-state index in [4.69, 9.17) is 9.15 Å². The molecule has 0 atom stereocenters. The van der Waals surface area contributed by atoms with Gasteiger partial charge in [0.25, 0.3) is 5.69 Å². The fourth-order valence-corrected chi connectivity index (χ4v) is 2.83. The van der Waals surface area contributed by atoms with E-state index in [1.165, 1.54) is 25.3 Å². The van der Waals surface area contributed by atoms with Crippen molar-refractivity contribution in [1.29, 1.82) is 0 Å². The van der Waals surface area contributed by atoms with E-state index in [0.717, 1.165) is 0 Å². The first kappa shape index (κ1) is 20.6. The summed E-state index contributed by atoms with van der Waals surface area (Å²) in [6.07, 6.45) is 1.34. The molecule has 142 valence electrons. The first-order chi connectivity index (χ1) is 12.5. The molecule has 2 aromatic rings. The quantitative estimate of drug-likeness (QED) is 0.167. The Bertz CT molecular complexity index is 936. The predicted molar refractivity (Wildman–Crippen MR) is 103 cm³/mol. The molecular formula is C19H18BrNO6. The number of esters is 1. The van der Waals surface area contributed by atoms with E-state index in [2.05, 4.69) is 15.9 Å². The number of Topliss-reactive ketones (excluding diaryl/α,β-unsaturated/α-hetero) is 1. The third kappa shape index (κ3) is 4.71.